The molecule has 1 aromatic heterocycles. The molecule has 0 radical (unpaired) electrons. The molecule has 66 heavy (non-hydrogen) atoms. The van der Waals surface area contributed by atoms with Crippen molar-refractivity contribution in [3.05, 3.63) is 53.2 Å². The quantitative estimate of drug-likeness (QED) is 0.0265. The van der Waals surface area contributed by atoms with Gasteiger partial charge in [0.2, 0.25) is 17.7 Å². The molecule has 0 saturated carbocycles. The number of nitrogens with two attached hydrogens (primary N) is 3. The van der Waals surface area contributed by atoms with Gasteiger partial charge in [-0.1, -0.05) is 13.8 Å². The number of aromatic hydroxyl groups is 1. The molecule has 0 fully saturated rings. The number of alkyl halides is 1. The van der Waals surface area contributed by atoms with Gasteiger partial charge in [0.1, 0.15) is 35.6 Å². The number of guanidine groups is 1. The summed E-state index contributed by atoms with van der Waals surface area (Å²) in [6, 6.07) is 1.76. The van der Waals surface area contributed by atoms with Crippen molar-refractivity contribution in [2.24, 2.45) is 28.1 Å². The van der Waals surface area contributed by atoms with Crippen LogP contribution < -0.4 is 48.7 Å². The van der Waals surface area contributed by atoms with E-state index >= 15 is 0 Å². The molecule has 2 heterocycles. The van der Waals surface area contributed by atoms with E-state index in [0.29, 0.717) is 16.6 Å². The SMILES string of the molecule is CC(C)[C@H](NC(=O)CC[C@H](NC(=O)N[C@@H](CCC(=O)O)C(=O)O)C(=O)O)C(=O)N[C@@H](CCCN=C(N)N)C(=O)Nc1ccc(C(=O)N2CC(CCl)c3c2cc(O)c2[nH]c(C(N)=O)cc32)cc1. The number of phenolic OH excluding ortho intramolecular Hbond substituents is 1. The summed E-state index contributed by atoms with van der Waals surface area (Å²) in [4.78, 5) is 121. The van der Waals surface area contributed by atoms with Crippen molar-refractivity contribution in [1.82, 2.24) is 26.3 Å². The number of primary amides is 1. The average molecular weight is 942 g/mol. The van der Waals surface area contributed by atoms with Crippen LogP contribution in [0, 0.1) is 5.92 Å². The van der Waals surface area contributed by atoms with Gasteiger partial charge < -0.3 is 74.1 Å². The standard InChI is InChI=1S/C41H52ClN11O13/c1-18(2)32(52-29(55)11-9-24(38(62)63)50-41(66)51-25(39(64)65)10-12-30(56)57)36(60)49-23(4-3-13-46-40(44)45)35(59)47-21-7-5-19(6-8-21)37(61)53-17-20(16-42)31-22-14-26(34(43)58)48-33(22)28(54)15-27(31)53/h5-8,14-15,18,20,23-25,32,48,54H,3-4,9-13,16-17H2,1-2H3,(H2,43,58)(H,47,59)(H,49,60)(H,52,55)(H,56,57)(H,62,63)(H,64,65)(H4,44,45,46)(H2,50,51,66)/t20?,23-,24-,25-,32-/m0/s1. The summed E-state index contributed by atoms with van der Waals surface area (Å²) in [5.74, 6) is -9.05. The zero-order valence-electron chi connectivity index (χ0n) is 35.8. The number of rotatable bonds is 23. The van der Waals surface area contributed by atoms with Crippen LogP contribution in [0.25, 0.3) is 10.9 Å². The molecular weight excluding hydrogens is 890 g/mol. The fourth-order valence-corrected chi connectivity index (χ4v) is 7.36. The zero-order chi connectivity index (χ0) is 49.0. The molecule has 5 atom stereocenters. The van der Waals surface area contributed by atoms with Gasteiger partial charge in [0.25, 0.3) is 11.8 Å². The highest BCUT2D eigenvalue weighted by Gasteiger charge is 2.36. The number of fused-ring (bicyclic) bond motifs is 3. The highest BCUT2D eigenvalue weighted by atomic mass is 35.5. The predicted octanol–water partition coefficient (Wildman–Crippen LogP) is 0.424. The molecule has 4 rings (SSSR count). The summed E-state index contributed by atoms with van der Waals surface area (Å²) in [5, 5.41) is 50.9. The van der Waals surface area contributed by atoms with Gasteiger partial charge in [-0.25, -0.2) is 14.4 Å². The number of phenols is 1. The Morgan fingerprint density at radius 1 is 0.833 bits per heavy atom. The van der Waals surface area contributed by atoms with E-state index in [4.69, 9.17) is 33.9 Å². The van der Waals surface area contributed by atoms with Crippen molar-refractivity contribution in [3.8, 4) is 5.75 Å². The topological polar surface area (TPSA) is 404 Å². The van der Waals surface area contributed by atoms with Crippen LogP contribution in [-0.4, -0.2) is 128 Å². The smallest absolute Gasteiger partial charge is 0.326 e. The molecule has 1 unspecified atom stereocenters. The number of hydrogen-bond acceptors (Lipinski definition) is 11. The second-order valence-electron chi connectivity index (χ2n) is 15.7. The highest BCUT2D eigenvalue weighted by Crippen LogP contribution is 2.46. The fourth-order valence-electron chi connectivity index (χ4n) is 7.11. The van der Waals surface area contributed by atoms with Crippen LogP contribution in [0.5, 0.6) is 5.75 Å². The third-order valence-electron chi connectivity index (χ3n) is 10.5. The molecule has 16 N–H and O–H groups in total. The minimum absolute atomic E-state index is 0.0229. The van der Waals surface area contributed by atoms with E-state index in [0.717, 1.165) is 0 Å². The molecule has 0 spiro atoms. The monoisotopic (exact) mass is 941 g/mol. The number of halogens is 1. The van der Waals surface area contributed by atoms with E-state index < -0.39 is 109 Å². The molecule has 25 heteroatoms. The van der Waals surface area contributed by atoms with Crippen molar-refractivity contribution in [1.29, 1.82) is 0 Å². The normalized spacial score (nSPS) is 14.8. The van der Waals surface area contributed by atoms with E-state index in [1.807, 2.05) is 10.6 Å². The van der Waals surface area contributed by atoms with Gasteiger partial charge in [0.15, 0.2) is 5.96 Å². The predicted molar refractivity (Wildman–Crippen MR) is 238 cm³/mol. The molecule has 1 aliphatic rings. The Kier molecular flexibility index (Phi) is 17.6. The molecular formula is C41H52ClN11O13. The minimum atomic E-state index is -1.69. The number of amides is 7. The lowest BCUT2D eigenvalue weighted by molar-refractivity contribution is -0.141. The van der Waals surface area contributed by atoms with Crippen LogP contribution in [0.15, 0.2) is 41.4 Å². The van der Waals surface area contributed by atoms with Crippen LogP contribution in [0.2, 0.25) is 0 Å². The molecule has 0 aliphatic carbocycles. The number of carbonyl (C=O) groups excluding carboxylic acids is 6. The number of aromatic amines is 1. The summed E-state index contributed by atoms with van der Waals surface area (Å²) >= 11 is 6.31. The van der Waals surface area contributed by atoms with Crippen molar-refractivity contribution in [3.63, 3.8) is 0 Å². The number of nitrogens with one attached hydrogen (secondary N) is 6. The first-order valence-electron chi connectivity index (χ1n) is 20.5. The Bertz CT molecular complexity index is 2380. The molecule has 0 saturated heterocycles. The molecule has 356 valence electrons. The number of anilines is 2. The van der Waals surface area contributed by atoms with Gasteiger partial charge >= 0.3 is 23.9 Å². The van der Waals surface area contributed by atoms with Gasteiger partial charge in [-0.2, -0.15) is 0 Å². The zero-order valence-corrected chi connectivity index (χ0v) is 36.5. The van der Waals surface area contributed by atoms with Crippen LogP contribution in [0.1, 0.15) is 84.7 Å². The number of H-pyrrole nitrogens is 1. The number of benzene rings is 2. The third-order valence-corrected chi connectivity index (χ3v) is 10.8. The lowest BCUT2D eigenvalue weighted by Gasteiger charge is -2.25. The number of carboxylic acids is 3. The highest BCUT2D eigenvalue weighted by molar-refractivity contribution is 6.19. The van der Waals surface area contributed by atoms with E-state index in [9.17, 15) is 58.5 Å². The first-order valence-corrected chi connectivity index (χ1v) is 21.0. The van der Waals surface area contributed by atoms with Gasteiger partial charge in [-0.05, 0) is 67.5 Å². The molecule has 2 aromatic carbocycles. The second kappa shape index (κ2) is 22.8. The van der Waals surface area contributed by atoms with Crippen LogP contribution in [-0.2, 0) is 28.8 Å². The van der Waals surface area contributed by atoms with Gasteiger partial charge in [0.05, 0.1) is 11.2 Å². The van der Waals surface area contributed by atoms with E-state index in [1.54, 1.807) is 13.8 Å². The average Bonchev–Trinajstić information content (AvgIpc) is 3.86. The summed E-state index contributed by atoms with van der Waals surface area (Å²) in [5.41, 5.74) is 18.2. The van der Waals surface area contributed by atoms with Crippen molar-refractivity contribution in [2.45, 2.75) is 82.5 Å². The second-order valence-corrected chi connectivity index (χ2v) is 16.0. The molecule has 0 bridgehead atoms. The molecule has 7 amide bonds. The summed E-state index contributed by atoms with van der Waals surface area (Å²) < 4.78 is 0. The first-order chi connectivity index (χ1) is 31.1. The Balaban J connectivity index is 1.43. The van der Waals surface area contributed by atoms with Crippen LogP contribution in [0.4, 0.5) is 16.2 Å². The lowest BCUT2D eigenvalue weighted by atomic mass is 9.98. The maximum absolute atomic E-state index is 13.9. The molecule has 24 nitrogen and oxygen atoms in total. The molecule has 1 aliphatic heterocycles. The Labute approximate surface area is 381 Å². The summed E-state index contributed by atoms with van der Waals surface area (Å²) in [6.07, 6.45) is -1.84. The lowest BCUT2D eigenvalue weighted by Crippen LogP contribution is -2.55. The number of urea groups is 1. The Morgan fingerprint density at radius 3 is 2.00 bits per heavy atom. The number of aliphatic imine (C=N–C) groups is 1. The van der Waals surface area contributed by atoms with Crippen LogP contribution in [0.3, 0.4) is 0 Å². The molecule has 3 aromatic rings. The van der Waals surface area contributed by atoms with Gasteiger partial charge in [0, 0.05) is 60.4 Å². The summed E-state index contributed by atoms with van der Waals surface area (Å²) in [7, 11) is 0. The van der Waals surface area contributed by atoms with E-state index in [-0.39, 0.29) is 71.9 Å². The fraction of sp³-hybridized carbons (Fsp3) is 0.415. The number of carbonyl (C=O) groups is 9. The minimum Gasteiger partial charge on any atom is -0.506 e. The maximum Gasteiger partial charge on any atom is 0.326 e. The van der Waals surface area contributed by atoms with Gasteiger partial charge in [-0.15, -0.1) is 11.6 Å². The first kappa shape index (κ1) is 51.0. The van der Waals surface area contributed by atoms with E-state index in [1.165, 1.54) is 41.3 Å². The van der Waals surface area contributed by atoms with Crippen molar-refractivity contribution >= 4 is 93.3 Å². The van der Waals surface area contributed by atoms with Crippen molar-refractivity contribution in [2.75, 3.05) is 29.2 Å². The van der Waals surface area contributed by atoms with E-state index in [2.05, 4.69) is 25.9 Å². The van der Waals surface area contributed by atoms with Crippen molar-refractivity contribution < 1.29 is 63.6 Å². The maximum atomic E-state index is 13.9. The summed E-state index contributed by atoms with van der Waals surface area (Å²) in [6.45, 7) is 3.48. The number of nitrogens with zero attached hydrogens (tertiary/aromatic N) is 2. The Hall–Kier alpha value is -7.63. The van der Waals surface area contributed by atoms with Crippen LogP contribution >= 0.6 is 11.6 Å². The van der Waals surface area contributed by atoms with Gasteiger partial charge in [-0.3, -0.25) is 33.8 Å². The largest absolute Gasteiger partial charge is 0.506 e. The number of hydrogen-bond donors (Lipinski definition) is 13. The number of aliphatic carboxylic acids is 3. The third kappa shape index (κ3) is 13.4. The number of carboxylic acid groups (broad SMARTS) is 3. The Morgan fingerprint density at radius 2 is 1.45 bits per heavy atom. The number of aromatic nitrogens is 1.